The zero-order chi connectivity index (χ0) is 21.1. The molecule has 2 aromatic heterocycles. The molecule has 1 N–H and O–H groups in total. The molecule has 0 fully saturated rings. The highest BCUT2D eigenvalue weighted by Crippen LogP contribution is 2.21. The average Bonchev–Trinajstić information content (AvgIpc) is 3.18. The molecule has 30 heavy (non-hydrogen) atoms. The number of fused-ring (bicyclic) bond motifs is 1. The van der Waals surface area contributed by atoms with Crippen molar-refractivity contribution in [2.24, 2.45) is 0 Å². The molecule has 0 saturated carbocycles. The third kappa shape index (κ3) is 4.33. The quantitative estimate of drug-likeness (QED) is 0.478. The van der Waals surface area contributed by atoms with E-state index in [1.807, 2.05) is 31.2 Å². The van der Waals surface area contributed by atoms with Gasteiger partial charge in [-0.25, -0.2) is 13.9 Å². The summed E-state index contributed by atoms with van der Waals surface area (Å²) in [5.41, 5.74) is 3.39. The van der Waals surface area contributed by atoms with Gasteiger partial charge in [0.05, 0.1) is 5.69 Å². The Morgan fingerprint density at radius 1 is 1.17 bits per heavy atom. The first-order chi connectivity index (χ1) is 14.5. The van der Waals surface area contributed by atoms with Gasteiger partial charge in [0.25, 0.3) is 5.91 Å². The van der Waals surface area contributed by atoms with Crippen LogP contribution in [0.15, 0.2) is 66.9 Å². The highest BCUT2D eigenvalue weighted by Gasteiger charge is 2.16. The zero-order valence-electron chi connectivity index (χ0n) is 16.3. The predicted molar refractivity (Wildman–Crippen MR) is 115 cm³/mol. The van der Waals surface area contributed by atoms with Gasteiger partial charge in [-0.15, -0.1) is 0 Å². The fourth-order valence-electron chi connectivity index (χ4n) is 3.29. The molecule has 0 aliphatic carbocycles. The first kappa shape index (κ1) is 20.0. The van der Waals surface area contributed by atoms with E-state index in [4.69, 9.17) is 11.6 Å². The molecule has 152 valence electrons. The van der Waals surface area contributed by atoms with Crippen LogP contribution >= 0.6 is 11.6 Å². The Morgan fingerprint density at radius 2 is 1.93 bits per heavy atom. The zero-order valence-corrected chi connectivity index (χ0v) is 17.1. The third-order valence-electron chi connectivity index (χ3n) is 4.91. The molecule has 1 atom stereocenters. The maximum absolute atomic E-state index is 13.2. The highest BCUT2D eigenvalue weighted by atomic mass is 35.5. The van der Waals surface area contributed by atoms with E-state index >= 15 is 0 Å². The standard InChI is InChI=1S/C23H20ClFN4O/c1-15(6-7-16-4-2-3-5-19(16)24)27-23(30)20-14-22-26-13-12-21(29(22)28-20)17-8-10-18(25)11-9-17/h2-5,8-15H,6-7H2,1H3,(H,27,30)/t15-/m1/s1. The lowest BCUT2D eigenvalue weighted by molar-refractivity contribution is 0.0933. The number of aromatic nitrogens is 3. The van der Waals surface area contributed by atoms with Gasteiger partial charge in [-0.1, -0.05) is 29.8 Å². The fraction of sp³-hybridized carbons (Fsp3) is 0.174. The predicted octanol–water partition coefficient (Wildman–Crippen LogP) is 4.94. The summed E-state index contributed by atoms with van der Waals surface area (Å²) in [5.74, 6) is -0.576. The Morgan fingerprint density at radius 3 is 2.70 bits per heavy atom. The number of halogens is 2. The van der Waals surface area contributed by atoms with Crippen molar-refractivity contribution in [2.75, 3.05) is 0 Å². The van der Waals surface area contributed by atoms with Crippen LogP contribution in [-0.2, 0) is 6.42 Å². The number of nitrogens with zero attached hydrogens (tertiary/aromatic N) is 3. The van der Waals surface area contributed by atoms with Gasteiger partial charge in [-0.3, -0.25) is 4.79 Å². The second-order valence-corrected chi connectivity index (χ2v) is 7.55. The van der Waals surface area contributed by atoms with Gasteiger partial charge in [0.1, 0.15) is 5.82 Å². The number of carbonyl (C=O) groups excluding carboxylic acids is 1. The van der Waals surface area contributed by atoms with Crippen LogP contribution in [0.2, 0.25) is 5.02 Å². The number of benzene rings is 2. The van der Waals surface area contributed by atoms with E-state index in [9.17, 15) is 9.18 Å². The first-order valence-electron chi connectivity index (χ1n) is 9.66. The van der Waals surface area contributed by atoms with Gasteiger partial charge in [0.2, 0.25) is 0 Å². The molecule has 1 amide bonds. The van der Waals surface area contributed by atoms with Gasteiger partial charge in [-0.05, 0) is 61.7 Å². The van der Waals surface area contributed by atoms with Crippen LogP contribution in [0.5, 0.6) is 0 Å². The van der Waals surface area contributed by atoms with Gasteiger partial charge in [-0.2, -0.15) is 5.10 Å². The van der Waals surface area contributed by atoms with Crippen LogP contribution in [0.4, 0.5) is 4.39 Å². The molecule has 0 unspecified atom stereocenters. The van der Waals surface area contributed by atoms with Crippen molar-refractivity contribution < 1.29 is 9.18 Å². The Bertz CT molecular complexity index is 1190. The molecule has 4 aromatic rings. The molecule has 7 heteroatoms. The van der Waals surface area contributed by atoms with Crippen LogP contribution in [-0.4, -0.2) is 26.5 Å². The largest absolute Gasteiger partial charge is 0.348 e. The van der Waals surface area contributed by atoms with Gasteiger partial charge < -0.3 is 5.32 Å². The maximum atomic E-state index is 13.2. The number of nitrogens with one attached hydrogen (secondary N) is 1. The van der Waals surface area contributed by atoms with E-state index in [-0.39, 0.29) is 23.5 Å². The number of carbonyl (C=O) groups is 1. The first-order valence-corrected chi connectivity index (χ1v) is 10.0. The molecule has 4 rings (SSSR count). The van der Waals surface area contributed by atoms with E-state index in [1.165, 1.54) is 12.1 Å². The minimum absolute atomic E-state index is 0.0527. The third-order valence-corrected chi connectivity index (χ3v) is 5.28. The molecule has 0 aliphatic heterocycles. The van der Waals surface area contributed by atoms with E-state index in [0.717, 1.165) is 34.7 Å². The van der Waals surface area contributed by atoms with E-state index in [0.29, 0.717) is 5.65 Å². The molecular weight excluding hydrogens is 403 g/mol. The van der Waals surface area contributed by atoms with Crippen molar-refractivity contribution in [1.82, 2.24) is 19.9 Å². The molecule has 0 spiro atoms. The lowest BCUT2D eigenvalue weighted by Crippen LogP contribution is -2.33. The molecule has 0 bridgehead atoms. The van der Waals surface area contributed by atoms with Crippen molar-refractivity contribution in [3.8, 4) is 11.3 Å². The molecule has 2 heterocycles. The molecular formula is C23H20ClFN4O. The summed E-state index contributed by atoms with van der Waals surface area (Å²) in [7, 11) is 0. The number of amides is 1. The molecule has 5 nitrogen and oxygen atoms in total. The maximum Gasteiger partial charge on any atom is 0.272 e. The minimum atomic E-state index is -0.310. The molecule has 0 saturated heterocycles. The monoisotopic (exact) mass is 422 g/mol. The Kier molecular flexibility index (Phi) is 5.77. The Labute approximate surface area is 178 Å². The second-order valence-electron chi connectivity index (χ2n) is 7.14. The van der Waals surface area contributed by atoms with Gasteiger partial charge in [0, 0.05) is 28.9 Å². The summed E-state index contributed by atoms with van der Waals surface area (Å²) in [6.07, 6.45) is 3.16. The van der Waals surface area contributed by atoms with Gasteiger partial charge >= 0.3 is 0 Å². The highest BCUT2D eigenvalue weighted by molar-refractivity contribution is 6.31. The van der Waals surface area contributed by atoms with Gasteiger partial charge in [0.15, 0.2) is 11.3 Å². The average molecular weight is 423 g/mol. The normalized spacial score (nSPS) is 12.1. The summed E-state index contributed by atoms with van der Waals surface area (Å²) in [4.78, 5) is 17.0. The van der Waals surface area contributed by atoms with Crippen molar-refractivity contribution >= 4 is 23.2 Å². The molecule has 0 aliphatic rings. The van der Waals surface area contributed by atoms with Crippen LogP contribution in [0.1, 0.15) is 29.4 Å². The van der Waals surface area contributed by atoms with Crippen LogP contribution in [0.3, 0.4) is 0 Å². The van der Waals surface area contributed by atoms with E-state index < -0.39 is 0 Å². The van der Waals surface area contributed by atoms with Crippen LogP contribution in [0, 0.1) is 5.82 Å². The molecule has 2 aromatic carbocycles. The summed E-state index contributed by atoms with van der Waals surface area (Å²) in [5, 5.41) is 8.13. The lowest BCUT2D eigenvalue weighted by Gasteiger charge is -2.13. The second kappa shape index (κ2) is 8.63. The number of rotatable bonds is 6. The number of hydrogen-bond donors (Lipinski definition) is 1. The topological polar surface area (TPSA) is 59.3 Å². The Balaban J connectivity index is 1.49. The number of hydrogen-bond acceptors (Lipinski definition) is 3. The fourth-order valence-corrected chi connectivity index (χ4v) is 3.52. The minimum Gasteiger partial charge on any atom is -0.348 e. The summed E-state index contributed by atoms with van der Waals surface area (Å²) >= 11 is 6.20. The smallest absolute Gasteiger partial charge is 0.272 e. The van der Waals surface area contributed by atoms with Crippen LogP contribution in [0.25, 0.3) is 16.9 Å². The van der Waals surface area contributed by atoms with Crippen LogP contribution < -0.4 is 5.32 Å². The van der Waals surface area contributed by atoms with E-state index in [2.05, 4.69) is 15.4 Å². The summed E-state index contributed by atoms with van der Waals surface area (Å²) < 4.78 is 14.8. The van der Waals surface area contributed by atoms with Crippen molar-refractivity contribution in [1.29, 1.82) is 0 Å². The lowest BCUT2D eigenvalue weighted by atomic mass is 10.1. The Hall–Kier alpha value is -3.25. The van der Waals surface area contributed by atoms with Crippen molar-refractivity contribution in [3.63, 3.8) is 0 Å². The SMILES string of the molecule is C[C@H](CCc1ccccc1Cl)NC(=O)c1cc2nccc(-c3ccc(F)cc3)n2n1. The van der Waals surface area contributed by atoms with E-state index in [1.54, 1.807) is 35.0 Å². The van der Waals surface area contributed by atoms with Crippen molar-refractivity contribution in [3.05, 3.63) is 89.0 Å². The summed E-state index contributed by atoms with van der Waals surface area (Å²) in [6, 6.07) is 17.2. The molecule has 0 radical (unpaired) electrons. The van der Waals surface area contributed by atoms with Crippen molar-refractivity contribution in [2.45, 2.75) is 25.8 Å². The number of aryl methyl sites for hydroxylation is 1. The summed E-state index contributed by atoms with van der Waals surface area (Å²) in [6.45, 7) is 1.95.